The van der Waals surface area contributed by atoms with Crippen molar-refractivity contribution in [3.63, 3.8) is 0 Å². The van der Waals surface area contributed by atoms with Crippen LogP contribution in [-0.4, -0.2) is 36.1 Å². The third kappa shape index (κ3) is 6.66. The lowest BCUT2D eigenvalue weighted by molar-refractivity contribution is -0.134. The number of nitrogens with one attached hydrogen (secondary N) is 2. The number of carbonyl (C=O) groups excluding carboxylic acids is 2. The average molecular weight is 597 g/mol. The van der Waals surface area contributed by atoms with Gasteiger partial charge in [0.25, 0.3) is 11.8 Å². The number of alkyl halides is 3. The number of hydrogen-bond donors (Lipinski definition) is 2. The van der Waals surface area contributed by atoms with Crippen molar-refractivity contribution >= 4 is 22.9 Å². The second-order valence-corrected chi connectivity index (χ2v) is 10.4. The number of carbonyl (C=O) groups is 2. The van der Waals surface area contributed by atoms with Crippen molar-refractivity contribution in [1.82, 2.24) is 15.6 Å². The third-order valence-corrected chi connectivity index (χ3v) is 7.22. The molecule has 2 amide bonds. The first-order valence-corrected chi connectivity index (χ1v) is 13.5. The quantitative estimate of drug-likeness (QED) is 0.209. The Morgan fingerprint density at radius 2 is 1.77 bits per heavy atom. The summed E-state index contributed by atoms with van der Waals surface area (Å²) in [4.78, 5) is 30.3. The summed E-state index contributed by atoms with van der Waals surface area (Å²) in [6, 6.07) is 11.2. The van der Waals surface area contributed by atoms with Crippen molar-refractivity contribution in [1.29, 1.82) is 5.26 Å². The Bertz CT molecular complexity index is 1740. The van der Waals surface area contributed by atoms with Crippen LogP contribution in [0.25, 0.3) is 33.6 Å². The first-order valence-electron chi connectivity index (χ1n) is 13.5. The Morgan fingerprint density at radius 1 is 1.07 bits per heavy atom. The van der Waals surface area contributed by atoms with Crippen LogP contribution in [0.5, 0.6) is 0 Å². The third-order valence-electron chi connectivity index (χ3n) is 7.22. The molecule has 2 aromatic heterocycles. The topological polar surface area (TPSA) is 108 Å². The van der Waals surface area contributed by atoms with Gasteiger partial charge in [0.1, 0.15) is 23.4 Å². The number of pyridine rings is 1. The van der Waals surface area contributed by atoms with Crippen molar-refractivity contribution < 1.29 is 36.0 Å². The molecular weight excluding hydrogens is 571 g/mol. The van der Waals surface area contributed by atoms with Crippen LogP contribution in [0.2, 0.25) is 0 Å². The van der Waals surface area contributed by atoms with Gasteiger partial charge in [-0.05, 0) is 66.8 Å². The molecule has 7 nitrogen and oxygen atoms in total. The number of furan rings is 1. The highest BCUT2D eigenvalue weighted by Gasteiger charge is 2.30. The normalized spacial score (nSPS) is 13.9. The summed E-state index contributed by atoms with van der Waals surface area (Å²) < 4.78 is 74.1. The van der Waals surface area contributed by atoms with E-state index in [2.05, 4.69) is 15.6 Å². The molecule has 1 saturated carbocycles. The van der Waals surface area contributed by atoms with Crippen molar-refractivity contribution in [3.05, 3.63) is 77.0 Å². The number of amides is 2. The molecule has 0 aliphatic heterocycles. The van der Waals surface area contributed by atoms with Crippen LogP contribution >= 0.6 is 0 Å². The zero-order valence-corrected chi connectivity index (χ0v) is 22.8. The summed E-state index contributed by atoms with van der Waals surface area (Å²) in [5.74, 6) is -2.50. The van der Waals surface area contributed by atoms with Crippen LogP contribution in [0, 0.1) is 28.9 Å². The number of fused-ring (bicyclic) bond motifs is 1. The molecule has 1 aliphatic rings. The highest BCUT2D eigenvalue weighted by atomic mass is 19.4. The van der Waals surface area contributed by atoms with Gasteiger partial charge < -0.3 is 15.1 Å². The fourth-order valence-corrected chi connectivity index (χ4v) is 4.85. The van der Waals surface area contributed by atoms with Crippen molar-refractivity contribution in [3.8, 4) is 28.5 Å². The first-order chi connectivity index (χ1) is 20.5. The smallest absolute Gasteiger partial charge is 0.389 e. The number of benzene rings is 2. The minimum absolute atomic E-state index is 0.0113. The van der Waals surface area contributed by atoms with E-state index >= 15 is 0 Å². The molecule has 0 spiro atoms. The van der Waals surface area contributed by atoms with E-state index in [1.165, 1.54) is 37.4 Å². The lowest BCUT2D eigenvalue weighted by Gasteiger charge is -2.14. The molecule has 1 atom stereocenters. The molecule has 0 saturated heterocycles. The molecule has 0 radical (unpaired) electrons. The van der Waals surface area contributed by atoms with E-state index in [9.17, 15) is 36.8 Å². The fourth-order valence-electron chi connectivity index (χ4n) is 4.85. The number of aromatic nitrogens is 1. The van der Waals surface area contributed by atoms with Gasteiger partial charge in [-0.25, -0.2) is 13.8 Å². The molecule has 222 valence electrons. The van der Waals surface area contributed by atoms with Gasteiger partial charge in [0, 0.05) is 24.6 Å². The zero-order valence-electron chi connectivity index (χ0n) is 22.8. The summed E-state index contributed by atoms with van der Waals surface area (Å²) in [7, 11) is 1.38. The standard InChI is InChI=1S/C31H25F5N4O3/c1-38-29(42)26-23-14-21(18-6-9-24(33)22(13-18)28(41)39-20(15-37)12-16-2-3-16)25(10-11-31(34,35)36)40-30(23)43-27(26)17-4-7-19(32)8-5-17/h4-9,13-14,16,20H,2-3,10-12H2,1H3,(H,38,42)(H,39,41)/t20-/m1/s1. The molecule has 2 heterocycles. The van der Waals surface area contributed by atoms with E-state index in [1.54, 1.807) is 0 Å². The molecule has 4 aromatic rings. The maximum absolute atomic E-state index is 14.9. The number of rotatable bonds is 9. The summed E-state index contributed by atoms with van der Waals surface area (Å²) in [5.41, 5.74) is 0.0392. The van der Waals surface area contributed by atoms with Gasteiger partial charge in [0.2, 0.25) is 5.71 Å². The Morgan fingerprint density at radius 3 is 2.40 bits per heavy atom. The van der Waals surface area contributed by atoms with Gasteiger partial charge in [0.05, 0.1) is 28.3 Å². The number of nitriles is 1. The highest BCUT2D eigenvalue weighted by molar-refractivity contribution is 6.11. The van der Waals surface area contributed by atoms with Crippen molar-refractivity contribution in [2.45, 2.75) is 44.3 Å². The summed E-state index contributed by atoms with van der Waals surface area (Å²) >= 11 is 0. The van der Waals surface area contributed by atoms with E-state index in [0.717, 1.165) is 31.0 Å². The number of hydrogen-bond acceptors (Lipinski definition) is 5. The Kier molecular flexibility index (Phi) is 8.17. The van der Waals surface area contributed by atoms with Gasteiger partial charge in [-0.3, -0.25) is 9.59 Å². The van der Waals surface area contributed by atoms with Crippen LogP contribution in [0.1, 0.15) is 52.1 Å². The second kappa shape index (κ2) is 11.8. The molecule has 1 fully saturated rings. The van der Waals surface area contributed by atoms with E-state index in [0.29, 0.717) is 17.9 Å². The molecular formula is C31H25F5N4O3. The van der Waals surface area contributed by atoms with Crippen LogP contribution in [-0.2, 0) is 6.42 Å². The van der Waals surface area contributed by atoms with E-state index in [4.69, 9.17) is 4.42 Å². The Hall–Kier alpha value is -4.79. The number of nitrogens with zero attached hydrogens (tertiary/aromatic N) is 2. The second-order valence-electron chi connectivity index (χ2n) is 10.4. The highest BCUT2D eigenvalue weighted by Crippen LogP contribution is 2.38. The molecule has 5 rings (SSSR count). The number of halogens is 5. The minimum atomic E-state index is -4.52. The van der Waals surface area contributed by atoms with Crippen molar-refractivity contribution in [2.75, 3.05) is 7.05 Å². The molecule has 2 N–H and O–H groups in total. The molecule has 1 aliphatic carbocycles. The monoisotopic (exact) mass is 596 g/mol. The largest absolute Gasteiger partial charge is 0.437 e. The summed E-state index contributed by atoms with van der Waals surface area (Å²) in [5, 5.41) is 14.6. The van der Waals surface area contributed by atoms with Crippen molar-refractivity contribution in [2.24, 2.45) is 5.92 Å². The van der Waals surface area contributed by atoms with E-state index in [1.807, 2.05) is 6.07 Å². The lowest BCUT2D eigenvalue weighted by atomic mass is 9.96. The summed E-state index contributed by atoms with van der Waals surface area (Å²) in [6.07, 6.45) is -4.00. The van der Waals surface area contributed by atoms with Crippen LogP contribution in [0.15, 0.2) is 52.9 Å². The van der Waals surface area contributed by atoms with Crippen LogP contribution in [0.3, 0.4) is 0 Å². The average Bonchev–Trinajstić information content (AvgIpc) is 3.72. The van der Waals surface area contributed by atoms with Crippen LogP contribution in [0.4, 0.5) is 22.0 Å². The van der Waals surface area contributed by atoms with Gasteiger partial charge in [-0.2, -0.15) is 18.4 Å². The Balaban J connectivity index is 1.64. The van der Waals surface area contributed by atoms with Gasteiger partial charge >= 0.3 is 6.18 Å². The molecule has 43 heavy (non-hydrogen) atoms. The zero-order chi connectivity index (χ0) is 30.9. The number of aryl methyl sites for hydroxylation is 1. The molecule has 0 bridgehead atoms. The maximum Gasteiger partial charge on any atom is 0.389 e. The SMILES string of the molecule is CNC(=O)c1c(-c2ccc(F)cc2)oc2nc(CCC(F)(F)F)c(-c3ccc(F)c(C(=O)N[C@@H](C#N)CC4CC4)c3)cc12. The lowest BCUT2D eigenvalue weighted by Crippen LogP contribution is -2.34. The van der Waals surface area contributed by atoms with Gasteiger partial charge in [-0.15, -0.1) is 0 Å². The molecule has 2 aromatic carbocycles. The predicted molar refractivity (Wildman–Crippen MR) is 147 cm³/mol. The van der Waals surface area contributed by atoms with E-state index < -0.39 is 54.1 Å². The maximum atomic E-state index is 14.9. The fraction of sp³-hybridized carbons (Fsp3) is 0.290. The minimum Gasteiger partial charge on any atom is -0.437 e. The molecule has 0 unspecified atom stereocenters. The van der Waals surface area contributed by atoms with Gasteiger partial charge in [0.15, 0.2) is 0 Å². The van der Waals surface area contributed by atoms with Gasteiger partial charge in [-0.1, -0.05) is 18.9 Å². The molecule has 12 heteroatoms. The van der Waals surface area contributed by atoms with E-state index in [-0.39, 0.29) is 39.2 Å². The predicted octanol–water partition coefficient (Wildman–Crippen LogP) is 6.72. The van der Waals surface area contributed by atoms with Crippen LogP contribution < -0.4 is 10.6 Å². The Labute approximate surface area is 242 Å². The summed E-state index contributed by atoms with van der Waals surface area (Å²) in [6.45, 7) is 0. The first kappa shape index (κ1) is 29.7.